The first kappa shape index (κ1) is 12.3. The van der Waals surface area contributed by atoms with Crippen molar-refractivity contribution in [3.8, 4) is 5.75 Å². The van der Waals surface area contributed by atoms with Gasteiger partial charge in [0, 0.05) is 11.6 Å². The van der Waals surface area contributed by atoms with Crippen LogP contribution in [-0.2, 0) is 6.42 Å². The van der Waals surface area contributed by atoms with Gasteiger partial charge >= 0.3 is 0 Å². The zero-order valence-corrected chi connectivity index (χ0v) is 9.63. The average molecular weight is 241 g/mol. The van der Waals surface area contributed by atoms with Gasteiger partial charge in [0.1, 0.15) is 5.75 Å². The molecule has 1 aliphatic rings. The topological polar surface area (TPSA) is 32.3 Å². The van der Waals surface area contributed by atoms with Gasteiger partial charge in [-0.05, 0) is 49.6 Å². The molecule has 1 aromatic rings. The molecule has 2 nitrogen and oxygen atoms in total. The molecule has 0 aliphatic carbocycles. The molecule has 1 fully saturated rings. The number of hydrogen-bond acceptors (Lipinski definition) is 2. The van der Waals surface area contributed by atoms with E-state index in [2.05, 4.69) is 5.32 Å². The van der Waals surface area contributed by atoms with Crippen LogP contribution in [0.25, 0.3) is 0 Å². The number of piperidine rings is 1. The van der Waals surface area contributed by atoms with Crippen molar-refractivity contribution in [2.24, 2.45) is 0 Å². The average Bonchev–Trinajstić information content (AvgIpc) is 2.33. The van der Waals surface area contributed by atoms with Crippen LogP contribution in [0.1, 0.15) is 36.8 Å². The zero-order chi connectivity index (χ0) is 12.3. The number of rotatable bonds is 3. The van der Waals surface area contributed by atoms with Crippen LogP contribution in [0.5, 0.6) is 5.75 Å². The van der Waals surface area contributed by atoms with E-state index in [0.29, 0.717) is 18.0 Å². The Bertz CT molecular complexity index is 376. The summed E-state index contributed by atoms with van der Waals surface area (Å²) in [5.41, 5.74) is 0.593. The lowest BCUT2D eigenvalue weighted by atomic mass is 9.96. The predicted octanol–water partition coefficient (Wildman–Crippen LogP) is 3.01. The summed E-state index contributed by atoms with van der Waals surface area (Å²) in [4.78, 5) is 0. The minimum absolute atomic E-state index is 0.0198. The highest BCUT2D eigenvalue weighted by Gasteiger charge is 2.16. The number of phenolic OH excluding ortho intramolecular Hbond substituents is 1. The van der Waals surface area contributed by atoms with Crippen molar-refractivity contribution in [2.75, 3.05) is 6.54 Å². The van der Waals surface area contributed by atoms with E-state index in [1.165, 1.54) is 24.6 Å². The van der Waals surface area contributed by atoms with Crippen molar-refractivity contribution in [3.63, 3.8) is 0 Å². The maximum atomic E-state index is 12.6. The van der Waals surface area contributed by atoms with E-state index < -0.39 is 6.43 Å². The molecule has 1 atom stereocenters. The molecule has 0 saturated carbocycles. The van der Waals surface area contributed by atoms with Crippen LogP contribution in [0, 0.1) is 0 Å². The van der Waals surface area contributed by atoms with Gasteiger partial charge in [0.2, 0.25) is 0 Å². The largest absolute Gasteiger partial charge is 0.508 e. The van der Waals surface area contributed by atoms with E-state index >= 15 is 0 Å². The molecule has 2 rings (SSSR count). The minimum Gasteiger partial charge on any atom is -0.508 e. The Kier molecular flexibility index (Phi) is 3.94. The van der Waals surface area contributed by atoms with Crippen molar-refractivity contribution < 1.29 is 13.9 Å². The van der Waals surface area contributed by atoms with E-state index in [4.69, 9.17) is 0 Å². The molecule has 0 aromatic heterocycles. The highest BCUT2D eigenvalue weighted by molar-refractivity contribution is 5.37. The van der Waals surface area contributed by atoms with Crippen LogP contribution >= 0.6 is 0 Å². The minimum atomic E-state index is -2.48. The number of aromatic hydroxyl groups is 1. The standard InChI is InChI=1S/C13H17F2NO/c14-13(15)9-4-5-12(17)10(7-9)8-11-3-1-2-6-16-11/h4-5,7,11,13,16-17H,1-3,6,8H2. The molecule has 94 valence electrons. The zero-order valence-electron chi connectivity index (χ0n) is 9.63. The highest BCUT2D eigenvalue weighted by atomic mass is 19.3. The lowest BCUT2D eigenvalue weighted by Crippen LogP contribution is -2.35. The highest BCUT2D eigenvalue weighted by Crippen LogP contribution is 2.27. The van der Waals surface area contributed by atoms with Crippen LogP contribution in [0.15, 0.2) is 18.2 Å². The summed E-state index contributed by atoms with van der Waals surface area (Å²) in [7, 11) is 0. The van der Waals surface area contributed by atoms with Gasteiger partial charge in [-0.15, -0.1) is 0 Å². The number of benzene rings is 1. The van der Waals surface area contributed by atoms with E-state index in [1.807, 2.05) is 0 Å². The van der Waals surface area contributed by atoms with Crippen LogP contribution in [0.4, 0.5) is 8.78 Å². The quantitative estimate of drug-likeness (QED) is 0.852. The number of halogens is 2. The second-order valence-corrected chi connectivity index (χ2v) is 4.54. The number of phenols is 1. The van der Waals surface area contributed by atoms with Gasteiger partial charge in [0.15, 0.2) is 0 Å². The van der Waals surface area contributed by atoms with E-state index in [1.54, 1.807) is 0 Å². The van der Waals surface area contributed by atoms with Gasteiger partial charge < -0.3 is 10.4 Å². The van der Waals surface area contributed by atoms with Gasteiger partial charge in [0.05, 0.1) is 0 Å². The molecule has 2 N–H and O–H groups in total. The third-order valence-electron chi connectivity index (χ3n) is 3.23. The fraction of sp³-hybridized carbons (Fsp3) is 0.538. The summed E-state index contributed by atoms with van der Waals surface area (Å²) in [6.45, 7) is 0.972. The molecule has 0 bridgehead atoms. The van der Waals surface area contributed by atoms with Crippen molar-refractivity contribution in [1.29, 1.82) is 0 Å². The molecular formula is C13H17F2NO. The summed E-state index contributed by atoms with van der Waals surface area (Å²) in [5.74, 6) is 0.113. The van der Waals surface area contributed by atoms with Gasteiger partial charge in [-0.2, -0.15) is 0 Å². The molecular weight excluding hydrogens is 224 g/mol. The van der Waals surface area contributed by atoms with Gasteiger partial charge in [-0.25, -0.2) is 8.78 Å². The van der Waals surface area contributed by atoms with Crippen LogP contribution in [0.2, 0.25) is 0 Å². The van der Waals surface area contributed by atoms with E-state index in [9.17, 15) is 13.9 Å². The number of hydrogen-bond donors (Lipinski definition) is 2. The normalized spacial score (nSPS) is 20.8. The van der Waals surface area contributed by atoms with Crippen molar-refractivity contribution in [1.82, 2.24) is 5.32 Å². The van der Waals surface area contributed by atoms with Gasteiger partial charge in [-0.3, -0.25) is 0 Å². The van der Waals surface area contributed by atoms with E-state index in [0.717, 1.165) is 19.4 Å². The molecule has 1 aromatic carbocycles. The molecule has 17 heavy (non-hydrogen) atoms. The lowest BCUT2D eigenvalue weighted by Gasteiger charge is -2.24. The molecule has 0 amide bonds. The number of nitrogens with one attached hydrogen (secondary N) is 1. The van der Waals surface area contributed by atoms with E-state index in [-0.39, 0.29) is 11.3 Å². The fourth-order valence-electron chi connectivity index (χ4n) is 2.27. The molecule has 0 radical (unpaired) electrons. The summed E-state index contributed by atoms with van der Waals surface area (Å²) in [5, 5.41) is 13.0. The second-order valence-electron chi connectivity index (χ2n) is 4.54. The maximum absolute atomic E-state index is 12.6. The first-order valence-electron chi connectivity index (χ1n) is 6.00. The Balaban J connectivity index is 2.10. The van der Waals surface area contributed by atoms with Crippen molar-refractivity contribution >= 4 is 0 Å². The SMILES string of the molecule is Oc1ccc(C(F)F)cc1CC1CCCCN1. The summed E-state index contributed by atoms with van der Waals surface area (Å²) < 4.78 is 25.1. The Morgan fingerprint density at radius 3 is 2.82 bits per heavy atom. The third-order valence-corrected chi connectivity index (χ3v) is 3.23. The molecule has 1 aliphatic heterocycles. The molecule has 0 spiro atoms. The van der Waals surface area contributed by atoms with Gasteiger partial charge in [-0.1, -0.05) is 6.42 Å². The summed E-state index contributed by atoms with van der Waals surface area (Å²) in [6, 6.07) is 4.34. The first-order valence-corrected chi connectivity index (χ1v) is 6.00. The summed E-state index contributed by atoms with van der Waals surface area (Å²) >= 11 is 0. The molecule has 1 unspecified atom stereocenters. The fourth-order valence-corrected chi connectivity index (χ4v) is 2.27. The van der Waals surface area contributed by atoms with Crippen LogP contribution in [-0.4, -0.2) is 17.7 Å². The Morgan fingerprint density at radius 2 is 2.18 bits per heavy atom. The second kappa shape index (κ2) is 5.45. The van der Waals surface area contributed by atoms with Crippen LogP contribution in [0.3, 0.4) is 0 Å². The van der Waals surface area contributed by atoms with Crippen molar-refractivity contribution in [2.45, 2.75) is 38.2 Å². The lowest BCUT2D eigenvalue weighted by molar-refractivity contribution is 0.151. The third kappa shape index (κ3) is 3.16. The molecule has 1 saturated heterocycles. The van der Waals surface area contributed by atoms with Crippen LogP contribution < -0.4 is 5.32 Å². The Morgan fingerprint density at radius 1 is 1.35 bits per heavy atom. The monoisotopic (exact) mass is 241 g/mol. The molecule has 1 heterocycles. The Hall–Kier alpha value is -1.16. The smallest absolute Gasteiger partial charge is 0.263 e. The predicted molar refractivity (Wildman–Crippen MR) is 62.4 cm³/mol. The Labute approximate surface area is 99.7 Å². The maximum Gasteiger partial charge on any atom is 0.263 e. The van der Waals surface area contributed by atoms with Gasteiger partial charge in [0.25, 0.3) is 6.43 Å². The summed E-state index contributed by atoms with van der Waals surface area (Å²) in [6.07, 6.45) is 1.51. The number of alkyl halides is 2. The van der Waals surface area contributed by atoms with Crippen molar-refractivity contribution in [3.05, 3.63) is 29.3 Å². The molecule has 4 heteroatoms. The first-order chi connectivity index (χ1) is 8.16.